The van der Waals surface area contributed by atoms with E-state index < -0.39 is 6.10 Å². The van der Waals surface area contributed by atoms with Crippen molar-refractivity contribution in [2.75, 3.05) is 25.0 Å². The highest BCUT2D eigenvalue weighted by Gasteiger charge is 2.21. The lowest BCUT2D eigenvalue weighted by Gasteiger charge is -2.22. The molecule has 2 aromatic rings. The second-order valence-corrected chi connectivity index (χ2v) is 4.31. The maximum absolute atomic E-state index is 12.0. The predicted molar refractivity (Wildman–Crippen MR) is 70.8 cm³/mol. The Morgan fingerprint density at radius 1 is 1.32 bits per heavy atom. The number of carbonyl (C=O) groups excluding carboxylic acids is 1. The first-order valence-corrected chi connectivity index (χ1v) is 6.17. The van der Waals surface area contributed by atoms with Crippen LogP contribution in [-0.2, 0) is 9.53 Å². The van der Waals surface area contributed by atoms with Crippen molar-refractivity contribution < 1.29 is 9.53 Å². The van der Waals surface area contributed by atoms with Crippen molar-refractivity contribution in [2.45, 2.75) is 6.10 Å². The molecule has 0 saturated carbocycles. The van der Waals surface area contributed by atoms with Gasteiger partial charge in [-0.2, -0.15) is 0 Å². The van der Waals surface area contributed by atoms with E-state index >= 15 is 0 Å². The zero-order valence-electron chi connectivity index (χ0n) is 10.3. The molecule has 1 aromatic carbocycles. The molecule has 19 heavy (non-hydrogen) atoms. The molecule has 1 amide bonds. The Balaban J connectivity index is 1.75. The summed E-state index contributed by atoms with van der Waals surface area (Å²) in [6.45, 7) is 1.88. The van der Waals surface area contributed by atoms with Crippen molar-refractivity contribution in [1.82, 2.24) is 15.3 Å². The highest BCUT2D eigenvalue weighted by Crippen LogP contribution is 2.15. The number of hydrogen-bond acceptors (Lipinski definition) is 5. The Bertz CT molecular complexity index is 596. The molecule has 1 aliphatic heterocycles. The fraction of sp³-hybridized carbons (Fsp3) is 0.308. The van der Waals surface area contributed by atoms with Gasteiger partial charge in [-0.15, -0.1) is 0 Å². The zero-order chi connectivity index (χ0) is 13.1. The number of nitrogens with one attached hydrogen (secondary N) is 2. The number of fused-ring (bicyclic) bond motifs is 1. The van der Waals surface area contributed by atoms with Crippen LogP contribution in [0.25, 0.3) is 11.0 Å². The SMILES string of the molecule is O=C(Nc1ccc2nccnc2c1)C1CNCCO1. The average Bonchev–Trinajstić information content (AvgIpc) is 2.48. The molecule has 6 heteroatoms. The first-order valence-electron chi connectivity index (χ1n) is 6.17. The molecule has 1 saturated heterocycles. The minimum atomic E-state index is -0.439. The van der Waals surface area contributed by atoms with Crippen molar-refractivity contribution >= 4 is 22.6 Å². The average molecular weight is 258 g/mol. The number of amides is 1. The molecular formula is C13H14N4O2. The summed E-state index contributed by atoms with van der Waals surface area (Å²) in [6, 6.07) is 5.44. The Morgan fingerprint density at radius 3 is 2.95 bits per heavy atom. The molecule has 0 spiro atoms. The minimum Gasteiger partial charge on any atom is -0.366 e. The van der Waals surface area contributed by atoms with Gasteiger partial charge in [0.15, 0.2) is 0 Å². The minimum absolute atomic E-state index is 0.143. The van der Waals surface area contributed by atoms with Crippen LogP contribution in [0.15, 0.2) is 30.6 Å². The molecule has 2 heterocycles. The van der Waals surface area contributed by atoms with E-state index in [0.29, 0.717) is 18.8 Å². The van der Waals surface area contributed by atoms with Crippen molar-refractivity contribution in [3.63, 3.8) is 0 Å². The first kappa shape index (κ1) is 12.0. The second kappa shape index (κ2) is 5.29. The standard InChI is InChI=1S/C13H14N4O2/c18-13(12-8-14-5-6-19-12)17-9-1-2-10-11(7-9)16-4-3-15-10/h1-4,7,12,14H,5-6,8H2,(H,17,18). The number of morpholine rings is 1. The molecule has 1 aliphatic rings. The Labute approximate surface area is 110 Å². The number of hydrogen-bond donors (Lipinski definition) is 2. The molecule has 6 nitrogen and oxygen atoms in total. The van der Waals surface area contributed by atoms with Gasteiger partial charge in [0, 0.05) is 31.2 Å². The summed E-state index contributed by atoms with van der Waals surface area (Å²) in [6.07, 6.45) is 2.83. The lowest BCUT2D eigenvalue weighted by molar-refractivity contribution is -0.128. The number of rotatable bonds is 2. The maximum atomic E-state index is 12.0. The van der Waals surface area contributed by atoms with Gasteiger partial charge in [-0.1, -0.05) is 0 Å². The number of anilines is 1. The molecule has 1 atom stereocenters. The van der Waals surface area contributed by atoms with Crippen LogP contribution in [0.3, 0.4) is 0 Å². The third kappa shape index (κ3) is 2.69. The number of benzene rings is 1. The highest BCUT2D eigenvalue weighted by molar-refractivity contribution is 5.96. The van der Waals surface area contributed by atoms with Crippen LogP contribution in [0, 0.1) is 0 Å². The fourth-order valence-corrected chi connectivity index (χ4v) is 2.00. The molecule has 0 bridgehead atoms. The fourth-order valence-electron chi connectivity index (χ4n) is 2.00. The van der Waals surface area contributed by atoms with E-state index in [1.165, 1.54) is 0 Å². The van der Waals surface area contributed by atoms with Gasteiger partial charge in [-0.3, -0.25) is 14.8 Å². The van der Waals surface area contributed by atoms with Gasteiger partial charge < -0.3 is 15.4 Å². The molecule has 3 rings (SSSR count). The van der Waals surface area contributed by atoms with Gasteiger partial charge in [0.25, 0.3) is 5.91 Å². The molecule has 0 radical (unpaired) electrons. The summed E-state index contributed by atoms with van der Waals surface area (Å²) < 4.78 is 5.40. The van der Waals surface area contributed by atoms with Gasteiger partial charge in [0.05, 0.1) is 17.6 Å². The number of ether oxygens (including phenoxy) is 1. The Morgan fingerprint density at radius 2 is 2.16 bits per heavy atom. The second-order valence-electron chi connectivity index (χ2n) is 4.31. The normalized spacial score (nSPS) is 19.3. The van der Waals surface area contributed by atoms with Gasteiger partial charge in [-0.05, 0) is 18.2 Å². The van der Waals surface area contributed by atoms with Crippen molar-refractivity contribution in [2.24, 2.45) is 0 Å². The summed E-state index contributed by atoms with van der Waals surface area (Å²) in [4.78, 5) is 20.4. The van der Waals surface area contributed by atoms with Crippen LogP contribution in [-0.4, -0.2) is 41.7 Å². The number of carbonyl (C=O) groups is 1. The highest BCUT2D eigenvalue weighted by atomic mass is 16.5. The number of aromatic nitrogens is 2. The van der Waals surface area contributed by atoms with Crippen LogP contribution in [0.2, 0.25) is 0 Å². The third-order valence-electron chi connectivity index (χ3n) is 2.96. The summed E-state index contributed by atoms with van der Waals surface area (Å²) >= 11 is 0. The van der Waals surface area contributed by atoms with Gasteiger partial charge in [0.1, 0.15) is 6.10 Å². The summed E-state index contributed by atoms with van der Waals surface area (Å²) in [7, 11) is 0. The van der Waals surface area contributed by atoms with Crippen LogP contribution in [0.4, 0.5) is 5.69 Å². The Hall–Kier alpha value is -2.05. The molecule has 1 fully saturated rings. The molecule has 0 aliphatic carbocycles. The van der Waals surface area contributed by atoms with Crippen molar-refractivity contribution in [3.05, 3.63) is 30.6 Å². The summed E-state index contributed by atoms with van der Waals surface area (Å²) in [5.74, 6) is -0.143. The molecular weight excluding hydrogens is 244 g/mol. The van der Waals surface area contributed by atoms with E-state index in [9.17, 15) is 4.79 Å². The van der Waals surface area contributed by atoms with Crippen molar-refractivity contribution in [1.29, 1.82) is 0 Å². The quantitative estimate of drug-likeness (QED) is 0.823. The topological polar surface area (TPSA) is 76.1 Å². The predicted octanol–water partition coefficient (Wildman–Crippen LogP) is 0.557. The molecule has 1 unspecified atom stereocenters. The summed E-state index contributed by atoms with van der Waals surface area (Å²) in [5.41, 5.74) is 2.26. The third-order valence-corrected chi connectivity index (χ3v) is 2.96. The van der Waals surface area contributed by atoms with Gasteiger partial charge >= 0.3 is 0 Å². The van der Waals surface area contributed by atoms with Crippen molar-refractivity contribution in [3.8, 4) is 0 Å². The van der Waals surface area contributed by atoms with E-state index in [2.05, 4.69) is 20.6 Å². The molecule has 2 N–H and O–H groups in total. The number of nitrogens with zero attached hydrogens (tertiary/aromatic N) is 2. The van der Waals surface area contributed by atoms with E-state index in [4.69, 9.17) is 4.74 Å². The van der Waals surface area contributed by atoms with Crippen LogP contribution >= 0.6 is 0 Å². The smallest absolute Gasteiger partial charge is 0.254 e. The van der Waals surface area contributed by atoms with Crippen LogP contribution in [0.5, 0.6) is 0 Å². The van der Waals surface area contributed by atoms with E-state index in [0.717, 1.165) is 17.6 Å². The molecule has 1 aromatic heterocycles. The first-order chi connectivity index (χ1) is 9.33. The lowest BCUT2D eigenvalue weighted by Crippen LogP contribution is -2.45. The van der Waals surface area contributed by atoms with E-state index in [1.807, 2.05) is 12.1 Å². The Kier molecular flexibility index (Phi) is 3.35. The molecule has 98 valence electrons. The van der Waals surface area contributed by atoms with Crippen LogP contribution < -0.4 is 10.6 Å². The van der Waals surface area contributed by atoms with Gasteiger partial charge in [0.2, 0.25) is 0 Å². The largest absolute Gasteiger partial charge is 0.366 e. The van der Waals surface area contributed by atoms with E-state index in [-0.39, 0.29) is 5.91 Å². The zero-order valence-corrected chi connectivity index (χ0v) is 10.3. The monoisotopic (exact) mass is 258 g/mol. The van der Waals surface area contributed by atoms with E-state index in [1.54, 1.807) is 18.5 Å². The summed E-state index contributed by atoms with van der Waals surface area (Å²) in [5, 5.41) is 5.96. The van der Waals surface area contributed by atoms with Crippen LogP contribution in [0.1, 0.15) is 0 Å². The maximum Gasteiger partial charge on any atom is 0.254 e. The lowest BCUT2D eigenvalue weighted by atomic mass is 10.2. The van der Waals surface area contributed by atoms with Gasteiger partial charge in [-0.25, -0.2) is 0 Å².